The number of aromatic nitrogens is 3. The Bertz CT molecular complexity index is 565. The standard InChI is InChI=1S/C15H21BrN4/c1-4-8-17-15(9-12-10-20(3)19-18-12)13-6-5-7-14(16)11(13)2/h5-7,10,15,17H,4,8-9H2,1-3H3. The molecule has 2 rings (SSSR count). The van der Waals surface area contributed by atoms with Crippen molar-refractivity contribution in [3.8, 4) is 0 Å². The fourth-order valence-corrected chi connectivity index (χ4v) is 2.69. The highest BCUT2D eigenvalue weighted by Gasteiger charge is 2.16. The zero-order chi connectivity index (χ0) is 14.5. The van der Waals surface area contributed by atoms with E-state index in [1.54, 1.807) is 4.68 Å². The van der Waals surface area contributed by atoms with Gasteiger partial charge in [-0.2, -0.15) is 0 Å². The molecule has 108 valence electrons. The Morgan fingerprint density at radius 1 is 1.40 bits per heavy atom. The van der Waals surface area contributed by atoms with E-state index in [0.717, 1.165) is 29.6 Å². The molecular weight excluding hydrogens is 316 g/mol. The van der Waals surface area contributed by atoms with Crippen molar-refractivity contribution in [3.63, 3.8) is 0 Å². The van der Waals surface area contributed by atoms with Gasteiger partial charge in [0.15, 0.2) is 0 Å². The lowest BCUT2D eigenvalue weighted by Crippen LogP contribution is -2.25. The van der Waals surface area contributed by atoms with Gasteiger partial charge in [-0.15, -0.1) is 5.10 Å². The van der Waals surface area contributed by atoms with Crippen molar-refractivity contribution in [2.75, 3.05) is 6.54 Å². The number of benzene rings is 1. The van der Waals surface area contributed by atoms with Gasteiger partial charge in [-0.3, -0.25) is 4.68 Å². The molecule has 1 N–H and O–H groups in total. The predicted molar refractivity (Wildman–Crippen MR) is 84.6 cm³/mol. The van der Waals surface area contributed by atoms with Crippen LogP contribution in [0.4, 0.5) is 0 Å². The van der Waals surface area contributed by atoms with Crippen molar-refractivity contribution in [1.82, 2.24) is 20.3 Å². The second-order valence-corrected chi connectivity index (χ2v) is 5.90. The summed E-state index contributed by atoms with van der Waals surface area (Å²) in [6.07, 6.45) is 3.95. The van der Waals surface area contributed by atoms with E-state index >= 15 is 0 Å². The van der Waals surface area contributed by atoms with E-state index in [-0.39, 0.29) is 6.04 Å². The molecule has 0 aliphatic carbocycles. The van der Waals surface area contributed by atoms with Crippen LogP contribution in [0.1, 0.15) is 36.2 Å². The third-order valence-corrected chi connectivity index (χ3v) is 4.25. The first kappa shape index (κ1) is 15.2. The zero-order valence-electron chi connectivity index (χ0n) is 12.2. The number of halogens is 1. The molecule has 1 unspecified atom stereocenters. The summed E-state index contributed by atoms with van der Waals surface area (Å²) in [6, 6.07) is 6.62. The third-order valence-electron chi connectivity index (χ3n) is 3.39. The number of hydrogen-bond acceptors (Lipinski definition) is 3. The number of nitrogens with one attached hydrogen (secondary N) is 1. The first-order chi connectivity index (χ1) is 9.61. The second kappa shape index (κ2) is 6.99. The molecule has 20 heavy (non-hydrogen) atoms. The van der Waals surface area contributed by atoms with Gasteiger partial charge in [0, 0.05) is 30.2 Å². The summed E-state index contributed by atoms with van der Waals surface area (Å²) in [5.74, 6) is 0. The van der Waals surface area contributed by atoms with Crippen LogP contribution >= 0.6 is 15.9 Å². The zero-order valence-corrected chi connectivity index (χ0v) is 13.8. The van der Waals surface area contributed by atoms with Gasteiger partial charge in [-0.25, -0.2) is 0 Å². The van der Waals surface area contributed by atoms with Crippen molar-refractivity contribution in [2.24, 2.45) is 7.05 Å². The van der Waals surface area contributed by atoms with Crippen LogP contribution in [0.2, 0.25) is 0 Å². The predicted octanol–water partition coefficient (Wildman–Crippen LogP) is 3.17. The topological polar surface area (TPSA) is 42.7 Å². The summed E-state index contributed by atoms with van der Waals surface area (Å²) >= 11 is 3.61. The van der Waals surface area contributed by atoms with E-state index in [1.807, 2.05) is 13.2 Å². The van der Waals surface area contributed by atoms with Crippen LogP contribution in [-0.2, 0) is 13.5 Å². The Balaban J connectivity index is 2.24. The molecule has 0 radical (unpaired) electrons. The van der Waals surface area contributed by atoms with Gasteiger partial charge in [0.2, 0.25) is 0 Å². The number of aryl methyl sites for hydroxylation is 1. The monoisotopic (exact) mass is 336 g/mol. The second-order valence-electron chi connectivity index (χ2n) is 5.05. The Morgan fingerprint density at radius 3 is 2.85 bits per heavy atom. The van der Waals surface area contributed by atoms with Crippen LogP contribution in [0.5, 0.6) is 0 Å². The van der Waals surface area contributed by atoms with Gasteiger partial charge in [0.1, 0.15) is 0 Å². The van der Waals surface area contributed by atoms with Crippen LogP contribution in [0.15, 0.2) is 28.9 Å². The molecule has 4 nitrogen and oxygen atoms in total. The summed E-state index contributed by atoms with van der Waals surface area (Å²) in [5, 5.41) is 11.8. The molecule has 0 fully saturated rings. The minimum Gasteiger partial charge on any atom is -0.310 e. The molecule has 1 aromatic carbocycles. The van der Waals surface area contributed by atoms with Crippen LogP contribution in [0.25, 0.3) is 0 Å². The largest absolute Gasteiger partial charge is 0.310 e. The fourth-order valence-electron chi connectivity index (χ4n) is 2.31. The van der Waals surface area contributed by atoms with Gasteiger partial charge in [-0.05, 0) is 37.1 Å². The van der Waals surface area contributed by atoms with Gasteiger partial charge in [0.05, 0.1) is 5.69 Å². The lowest BCUT2D eigenvalue weighted by Gasteiger charge is -2.20. The molecule has 0 aliphatic heterocycles. The van der Waals surface area contributed by atoms with E-state index in [4.69, 9.17) is 0 Å². The minimum atomic E-state index is 0.268. The van der Waals surface area contributed by atoms with E-state index in [2.05, 4.69) is 63.6 Å². The van der Waals surface area contributed by atoms with Crippen LogP contribution in [0.3, 0.4) is 0 Å². The van der Waals surface area contributed by atoms with Crippen LogP contribution in [-0.4, -0.2) is 21.5 Å². The molecule has 1 heterocycles. The lowest BCUT2D eigenvalue weighted by atomic mass is 9.97. The maximum Gasteiger partial charge on any atom is 0.0845 e. The molecule has 0 aliphatic rings. The van der Waals surface area contributed by atoms with Gasteiger partial charge in [-0.1, -0.05) is 40.2 Å². The molecule has 5 heteroatoms. The summed E-state index contributed by atoms with van der Waals surface area (Å²) < 4.78 is 2.90. The molecule has 0 bridgehead atoms. The number of rotatable bonds is 6. The van der Waals surface area contributed by atoms with Crippen molar-refractivity contribution in [3.05, 3.63) is 45.7 Å². The van der Waals surface area contributed by atoms with Gasteiger partial charge >= 0.3 is 0 Å². The van der Waals surface area contributed by atoms with Crippen molar-refractivity contribution < 1.29 is 0 Å². The van der Waals surface area contributed by atoms with E-state index in [1.165, 1.54) is 11.1 Å². The highest BCUT2D eigenvalue weighted by Crippen LogP contribution is 2.26. The van der Waals surface area contributed by atoms with Gasteiger partial charge in [0.25, 0.3) is 0 Å². The van der Waals surface area contributed by atoms with Crippen molar-refractivity contribution in [1.29, 1.82) is 0 Å². The Labute approximate surface area is 128 Å². The van der Waals surface area contributed by atoms with Crippen molar-refractivity contribution >= 4 is 15.9 Å². The molecule has 0 saturated carbocycles. The van der Waals surface area contributed by atoms with E-state index in [9.17, 15) is 0 Å². The van der Waals surface area contributed by atoms with Crippen molar-refractivity contribution in [2.45, 2.75) is 32.7 Å². The smallest absolute Gasteiger partial charge is 0.0845 e. The molecule has 2 aromatic rings. The summed E-state index contributed by atoms with van der Waals surface area (Å²) in [6.45, 7) is 5.33. The molecule has 1 aromatic heterocycles. The Morgan fingerprint density at radius 2 is 2.20 bits per heavy atom. The molecule has 1 atom stereocenters. The number of hydrogen-bond donors (Lipinski definition) is 1. The number of nitrogens with zero attached hydrogens (tertiary/aromatic N) is 3. The first-order valence-electron chi connectivity index (χ1n) is 6.95. The first-order valence-corrected chi connectivity index (χ1v) is 7.74. The lowest BCUT2D eigenvalue weighted by molar-refractivity contribution is 0.521. The molecule has 0 amide bonds. The average molecular weight is 337 g/mol. The Hall–Kier alpha value is -1.20. The maximum atomic E-state index is 4.20. The Kier molecular flexibility index (Phi) is 5.31. The summed E-state index contributed by atoms with van der Waals surface area (Å²) in [5.41, 5.74) is 3.61. The van der Waals surface area contributed by atoms with E-state index in [0.29, 0.717) is 0 Å². The van der Waals surface area contributed by atoms with Gasteiger partial charge < -0.3 is 5.32 Å². The quantitative estimate of drug-likeness (QED) is 0.880. The minimum absolute atomic E-state index is 0.268. The van der Waals surface area contributed by atoms with E-state index < -0.39 is 0 Å². The normalized spacial score (nSPS) is 12.6. The van der Waals surface area contributed by atoms with Crippen LogP contribution < -0.4 is 5.32 Å². The third kappa shape index (κ3) is 3.67. The average Bonchev–Trinajstić information content (AvgIpc) is 2.83. The highest BCUT2D eigenvalue weighted by atomic mass is 79.9. The molecule has 0 saturated heterocycles. The summed E-state index contributed by atoms with van der Waals surface area (Å²) in [7, 11) is 1.90. The maximum absolute atomic E-state index is 4.20. The highest BCUT2D eigenvalue weighted by molar-refractivity contribution is 9.10. The SMILES string of the molecule is CCCNC(Cc1cn(C)nn1)c1cccc(Br)c1C. The fraction of sp³-hybridized carbons (Fsp3) is 0.467. The molecule has 0 spiro atoms. The van der Waals surface area contributed by atoms with Crippen LogP contribution in [0, 0.1) is 6.92 Å². The summed E-state index contributed by atoms with van der Waals surface area (Å²) in [4.78, 5) is 0. The molecular formula is C15H21BrN4.